The second-order valence-electron chi connectivity index (χ2n) is 5.65. The molecule has 1 unspecified atom stereocenters. The van der Waals surface area contributed by atoms with Gasteiger partial charge in [0.2, 0.25) is 0 Å². The van der Waals surface area contributed by atoms with Crippen molar-refractivity contribution in [3.8, 4) is 0 Å². The maximum atomic E-state index is 12.5. The van der Waals surface area contributed by atoms with E-state index in [1.54, 1.807) is 6.20 Å². The van der Waals surface area contributed by atoms with E-state index < -0.39 is 0 Å². The molecule has 21 heavy (non-hydrogen) atoms. The number of nitrogens with zero attached hydrogens (tertiary/aromatic N) is 3. The molecule has 2 rings (SSSR count). The van der Waals surface area contributed by atoms with E-state index >= 15 is 0 Å². The average Bonchev–Trinajstić information content (AvgIpc) is 2.53. The molecule has 1 atom stereocenters. The number of rotatable bonds is 5. The largest absolute Gasteiger partial charge is 0.384 e. The number of carbonyl (C=O) groups is 1. The molecule has 0 saturated carbocycles. The number of hydrogen-bond acceptors (Lipinski definition) is 4. The topological polar surface area (TPSA) is 48.5 Å². The third-order valence-electron chi connectivity index (χ3n) is 4.10. The van der Waals surface area contributed by atoms with Crippen LogP contribution in [0.1, 0.15) is 37.2 Å². The van der Waals surface area contributed by atoms with Gasteiger partial charge in [-0.15, -0.1) is 0 Å². The smallest absolute Gasteiger partial charge is 0.272 e. The highest BCUT2D eigenvalue weighted by Crippen LogP contribution is 2.14. The van der Waals surface area contributed by atoms with Gasteiger partial charge in [0.15, 0.2) is 0 Å². The van der Waals surface area contributed by atoms with E-state index in [0.29, 0.717) is 11.7 Å². The van der Waals surface area contributed by atoms with Crippen LogP contribution in [0.15, 0.2) is 18.3 Å². The molecule has 0 bridgehead atoms. The number of aromatic nitrogens is 1. The minimum Gasteiger partial charge on any atom is -0.384 e. The average molecular weight is 290 g/mol. The fourth-order valence-electron chi connectivity index (χ4n) is 2.63. The second kappa shape index (κ2) is 7.41. The summed E-state index contributed by atoms with van der Waals surface area (Å²) in [6, 6.07) is 4.20. The van der Waals surface area contributed by atoms with Crippen molar-refractivity contribution < 1.29 is 4.79 Å². The fourth-order valence-corrected chi connectivity index (χ4v) is 2.63. The number of amides is 1. The molecule has 1 amide bonds. The van der Waals surface area contributed by atoms with Gasteiger partial charge in [0.05, 0.1) is 11.9 Å². The summed E-state index contributed by atoms with van der Waals surface area (Å²) in [5.74, 6) is 0.0450. The Morgan fingerprint density at radius 1 is 1.38 bits per heavy atom. The van der Waals surface area contributed by atoms with Crippen molar-refractivity contribution in [2.24, 2.45) is 0 Å². The number of carbonyl (C=O) groups excluding carboxylic acids is 1. The van der Waals surface area contributed by atoms with Crippen LogP contribution in [0.5, 0.6) is 0 Å². The van der Waals surface area contributed by atoms with Crippen LogP contribution in [-0.4, -0.2) is 60.0 Å². The Morgan fingerprint density at radius 3 is 2.81 bits per heavy atom. The summed E-state index contributed by atoms with van der Waals surface area (Å²) in [6.45, 7) is 7.72. The Morgan fingerprint density at radius 2 is 2.19 bits per heavy atom. The molecule has 0 aliphatic carbocycles. The van der Waals surface area contributed by atoms with Crippen molar-refractivity contribution in [1.82, 2.24) is 14.8 Å². The Kier molecular flexibility index (Phi) is 5.56. The van der Waals surface area contributed by atoms with E-state index in [4.69, 9.17) is 0 Å². The molecular weight excluding hydrogens is 264 g/mol. The van der Waals surface area contributed by atoms with E-state index in [1.807, 2.05) is 17.0 Å². The van der Waals surface area contributed by atoms with Gasteiger partial charge < -0.3 is 10.2 Å². The van der Waals surface area contributed by atoms with Gasteiger partial charge in [-0.05, 0) is 32.0 Å². The zero-order valence-electron chi connectivity index (χ0n) is 13.3. The highest BCUT2D eigenvalue weighted by molar-refractivity contribution is 5.92. The van der Waals surface area contributed by atoms with E-state index in [1.165, 1.54) is 0 Å². The Bertz CT molecular complexity index is 460. The number of hydrogen-bond donors (Lipinski definition) is 1. The van der Waals surface area contributed by atoms with Crippen molar-refractivity contribution in [2.45, 2.75) is 32.7 Å². The van der Waals surface area contributed by atoms with Crippen molar-refractivity contribution >= 4 is 11.6 Å². The highest BCUT2D eigenvalue weighted by atomic mass is 16.2. The minimum atomic E-state index is 0.0450. The van der Waals surface area contributed by atoms with E-state index in [0.717, 1.165) is 44.7 Å². The molecule has 1 saturated heterocycles. The van der Waals surface area contributed by atoms with Crippen LogP contribution >= 0.6 is 0 Å². The van der Waals surface area contributed by atoms with Crippen molar-refractivity contribution in [3.63, 3.8) is 0 Å². The maximum absolute atomic E-state index is 12.5. The molecule has 1 aromatic heterocycles. The predicted molar refractivity (Wildman–Crippen MR) is 85.6 cm³/mol. The lowest BCUT2D eigenvalue weighted by Gasteiger charge is -2.38. The van der Waals surface area contributed by atoms with Gasteiger partial charge in [-0.3, -0.25) is 9.69 Å². The Balaban J connectivity index is 1.99. The van der Waals surface area contributed by atoms with Crippen LogP contribution in [0.3, 0.4) is 0 Å². The first kappa shape index (κ1) is 15.8. The number of piperazine rings is 1. The molecule has 1 aliphatic heterocycles. The SMILES string of the molecule is CCCNc1ccc(C(=O)N2CCN(C)C(CC)C2)nc1. The quantitative estimate of drug-likeness (QED) is 0.902. The molecule has 0 spiro atoms. The molecule has 1 fully saturated rings. The number of anilines is 1. The number of pyridine rings is 1. The second-order valence-corrected chi connectivity index (χ2v) is 5.65. The van der Waals surface area contributed by atoms with E-state index in [9.17, 15) is 4.79 Å². The van der Waals surface area contributed by atoms with Crippen molar-refractivity contribution in [1.29, 1.82) is 0 Å². The number of nitrogens with one attached hydrogen (secondary N) is 1. The molecule has 1 aliphatic rings. The van der Waals surface area contributed by atoms with Gasteiger partial charge in [-0.25, -0.2) is 4.98 Å². The lowest BCUT2D eigenvalue weighted by molar-refractivity contribution is 0.0536. The predicted octanol–water partition coefficient (Wildman–Crippen LogP) is 2.07. The number of likely N-dealkylation sites (N-methyl/N-ethyl adjacent to an activating group) is 1. The van der Waals surface area contributed by atoms with Crippen molar-refractivity contribution in [3.05, 3.63) is 24.0 Å². The normalized spacial score (nSPS) is 19.6. The molecule has 5 heteroatoms. The van der Waals surface area contributed by atoms with Crippen LogP contribution < -0.4 is 5.32 Å². The Labute approximate surface area is 127 Å². The molecule has 116 valence electrons. The standard InChI is InChI=1S/C16H26N4O/c1-4-8-17-13-6-7-15(18-11-13)16(21)20-10-9-19(3)14(5-2)12-20/h6-7,11,14,17H,4-5,8-10,12H2,1-3H3. The van der Waals surface area contributed by atoms with Gasteiger partial charge in [-0.2, -0.15) is 0 Å². The third kappa shape index (κ3) is 3.94. The van der Waals surface area contributed by atoms with Gasteiger partial charge >= 0.3 is 0 Å². The molecule has 0 radical (unpaired) electrons. The lowest BCUT2D eigenvalue weighted by Crippen LogP contribution is -2.53. The first-order valence-corrected chi connectivity index (χ1v) is 7.85. The van der Waals surface area contributed by atoms with Crippen molar-refractivity contribution in [2.75, 3.05) is 38.5 Å². The summed E-state index contributed by atoms with van der Waals surface area (Å²) in [7, 11) is 2.13. The summed E-state index contributed by atoms with van der Waals surface area (Å²) in [5, 5.41) is 3.27. The first-order chi connectivity index (χ1) is 10.2. The fraction of sp³-hybridized carbons (Fsp3) is 0.625. The third-order valence-corrected chi connectivity index (χ3v) is 4.10. The van der Waals surface area contributed by atoms with E-state index in [2.05, 4.69) is 36.1 Å². The van der Waals surface area contributed by atoms with Crippen LogP contribution in [0.25, 0.3) is 0 Å². The lowest BCUT2D eigenvalue weighted by atomic mass is 10.1. The molecule has 1 aromatic rings. The van der Waals surface area contributed by atoms with Gasteiger partial charge in [0, 0.05) is 32.2 Å². The molecular formula is C16H26N4O. The zero-order valence-corrected chi connectivity index (χ0v) is 13.3. The Hall–Kier alpha value is -1.62. The molecule has 2 heterocycles. The molecule has 0 aromatic carbocycles. The zero-order chi connectivity index (χ0) is 15.2. The van der Waals surface area contributed by atoms with Gasteiger partial charge in [0.1, 0.15) is 5.69 Å². The van der Waals surface area contributed by atoms with Crippen LogP contribution in [0, 0.1) is 0 Å². The van der Waals surface area contributed by atoms with Crippen LogP contribution in [0.2, 0.25) is 0 Å². The minimum absolute atomic E-state index is 0.0450. The van der Waals surface area contributed by atoms with Crippen LogP contribution in [0.4, 0.5) is 5.69 Å². The molecule has 5 nitrogen and oxygen atoms in total. The summed E-state index contributed by atoms with van der Waals surface area (Å²) in [6.07, 6.45) is 3.88. The maximum Gasteiger partial charge on any atom is 0.272 e. The highest BCUT2D eigenvalue weighted by Gasteiger charge is 2.27. The van der Waals surface area contributed by atoms with E-state index in [-0.39, 0.29) is 5.91 Å². The summed E-state index contributed by atoms with van der Waals surface area (Å²) < 4.78 is 0. The summed E-state index contributed by atoms with van der Waals surface area (Å²) >= 11 is 0. The summed E-state index contributed by atoms with van der Waals surface area (Å²) in [5.41, 5.74) is 1.51. The first-order valence-electron chi connectivity index (χ1n) is 7.85. The molecule has 1 N–H and O–H groups in total. The van der Waals surface area contributed by atoms with Crippen LogP contribution in [-0.2, 0) is 0 Å². The monoisotopic (exact) mass is 290 g/mol. The van der Waals surface area contributed by atoms with Gasteiger partial charge in [0.25, 0.3) is 5.91 Å². The van der Waals surface area contributed by atoms with Gasteiger partial charge in [-0.1, -0.05) is 13.8 Å². The summed E-state index contributed by atoms with van der Waals surface area (Å²) in [4.78, 5) is 21.1.